The van der Waals surface area contributed by atoms with E-state index in [1.807, 2.05) is 19.1 Å². The van der Waals surface area contributed by atoms with Crippen LogP contribution in [-0.2, 0) is 9.59 Å². The molecule has 0 bridgehead atoms. The van der Waals surface area contributed by atoms with E-state index in [9.17, 15) is 14.7 Å². The zero-order chi connectivity index (χ0) is 26.3. The van der Waals surface area contributed by atoms with Crippen LogP contribution in [0.3, 0.4) is 0 Å². The molecule has 0 saturated carbocycles. The topological polar surface area (TPSA) is 76.1 Å². The Bertz CT molecular complexity index is 1440. The Balaban J connectivity index is 2.04. The molecule has 0 aliphatic carbocycles. The van der Waals surface area contributed by atoms with Gasteiger partial charge < -0.3 is 14.6 Å². The van der Waals surface area contributed by atoms with Gasteiger partial charge in [0, 0.05) is 5.69 Å². The van der Waals surface area contributed by atoms with Gasteiger partial charge in [-0.15, -0.1) is 0 Å². The number of anilines is 1. The number of aliphatic hydroxyl groups is 1. The number of benzene rings is 3. The van der Waals surface area contributed by atoms with Crippen molar-refractivity contribution in [1.29, 1.82) is 0 Å². The monoisotopic (exact) mass is 565 g/mol. The zero-order valence-electron chi connectivity index (χ0n) is 19.2. The Morgan fingerprint density at radius 3 is 2.17 bits per heavy atom. The standard InChI is InChI=1S/C26H19Cl4NO5/c1-12-6-4-5-7-14(12)21-19(22(32)15-11-18(29)25(36-3)20(30)24(15)35-2)23(33)26(34)31(21)13-8-9-16(27)17(28)10-13/h4-11,21,32H,1-3H3/b22-19+. The van der Waals surface area contributed by atoms with Gasteiger partial charge >= 0.3 is 0 Å². The number of carbonyl (C=O) groups excluding carboxylic acids is 2. The van der Waals surface area contributed by atoms with Crippen LogP contribution in [0.25, 0.3) is 5.76 Å². The van der Waals surface area contributed by atoms with Crippen LogP contribution in [0.5, 0.6) is 11.5 Å². The minimum Gasteiger partial charge on any atom is -0.507 e. The third-order valence-electron chi connectivity index (χ3n) is 5.90. The van der Waals surface area contributed by atoms with Crippen LogP contribution in [0.15, 0.2) is 54.1 Å². The van der Waals surface area contributed by atoms with Gasteiger partial charge in [0.25, 0.3) is 11.7 Å². The van der Waals surface area contributed by atoms with Crippen LogP contribution in [0.2, 0.25) is 20.1 Å². The third-order valence-corrected chi connectivity index (χ3v) is 7.27. The van der Waals surface area contributed by atoms with Gasteiger partial charge in [0.1, 0.15) is 10.8 Å². The van der Waals surface area contributed by atoms with Crippen molar-refractivity contribution in [2.45, 2.75) is 13.0 Å². The number of Topliss-reactive ketones (excluding diaryl/α,β-unsaturated/α-hetero) is 1. The second-order valence-electron chi connectivity index (χ2n) is 7.91. The molecule has 1 aliphatic heterocycles. The molecule has 186 valence electrons. The van der Waals surface area contributed by atoms with Crippen LogP contribution in [0, 0.1) is 6.92 Å². The quantitative estimate of drug-likeness (QED) is 0.200. The van der Waals surface area contributed by atoms with E-state index in [-0.39, 0.29) is 42.7 Å². The molecule has 6 nitrogen and oxygen atoms in total. The highest BCUT2D eigenvalue weighted by Gasteiger charge is 2.48. The van der Waals surface area contributed by atoms with E-state index >= 15 is 0 Å². The number of aliphatic hydroxyl groups excluding tert-OH is 1. The summed E-state index contributed by atoms with van der Waals surface area (Å²) >= 11 is 25.0. The number of hydrogen-bond acceptors (Lipinski definition) is 5. The summed E-state index contributed by atoms with van der Waals surface area (Å²) in [5, 5.41) is 12.1. The molecule has 1 aliphatic rings. The molecular weight excluding hydrogens is 548 g/mol. The first-order chi connectivity index (χ1) is 17.1. The molecule has 4 rings (SSSR count). The average Bonchev–Trinajstić information content (AvgIpc) is 3.11. The van der Waals surface area contributed by atoms with Crippen molar-refractivity contribution in [2.75, 3.05) is 19.1 Å². The van der Waals surface area contributed by atoms with Gasteiger partial charge in [0.2, 0.25) is 0 Å². The van der Waals surface area contributed by atoms with Crippen molar-refractivity contribution < 1.29 is 24.2 Å². The summed E-state index contributed by atoms with van der Waals surface area (Å²) in [5.41, 5.74) is 1.60. The Hall–Kier alpha value is -2.90. The van der Waals surface area contributed by atoms with Gasteiger partial charge in [0.05, 0.1) is 46.5 Å². The number of amides is 1. The molecule has 36 heavy (non-hydrogen) atoms. The van der Waals surface area contributed by atoms with Crippen molar-refractivity contribution in [1.82, 2.24) is 0 Å². The number of ketones is 1. The fraction of sp³-hybridized carbons (Fsp3) is 0.154. The molecule has 0 spiro atoms. The maximum atomic E-state index is 13.4. The van der Waals surface area contributed by atoms with E-state index in [1.54, 1.807) is 18.2 Å². The Kier molecular flexibility index (Phi) is 7.43. The molecular formula is C26H19Cl4NO5. The van der Waals surface area contributed by atoms with E-state index in [0.29, 0.717) is 11.3 Å². The van der Waals surface area contributed by atoms with Gasteiger partial charge in [-0.3, -0.25) is 14.5 Å². The lowest BCUT2D eigenvalue weighted by molar-refractivity contribution is -0.132. The summed E-state index contributed by atoms with van der Waals surface area (Å²) in [4.78, 5) is 28.1. The van der Waals surface area contributed by atoms with Crippen molar-refractivity contribution in [3.63, 3.8) is 0 Å². The van der Waals surface area contributed by atoms with Gasteiger partial charge in [-0.25, -0.2) is 0 Å². The Morgan fingerprint density at radius 1 is 0.889 bits per heavy atom. The van der Waals surface area contributed by atoms with Gasteiger partial charge in [0.15, 0.2) is 11.5 Å². The highest BCUT2D eigenvalue weighted by atomic mass is 35.5. The number of rotatable bonds is 5. The second-order valence-corrected chi connectivity index (χ2v) is 9.51. The van der Waals surface area contributed by atoms with Gasteiger partial charge in [-0.1, -0.05) is 70.7 Å². The molecule has 10 heteroatoms. The van der Waals surface area contributed by atoms with Crippen LogP contribution >= 0.6 is 46.4 Å². The number of ether oxygens (including phenoxy) is 2. The van der Waals surface area contributed by atoms with E-state index in [2.05, 4.69) is 0 Å². The number of methoxy groups -OCH3 is 2. The molecule has 1 amide bonds. The van der Waals surface area contributed by atoms with E-state index in [4.69, 9.17) is 55.9 Å². The number of carbonyl (C=O) groups is 2. The van der Waals surface area contributed by atoms with Gasteiger partial charge in [-0.05, 0) is 42.3 Å². The van der Waals surface area contributed by atoms with Crippen LogP contribution in [0.4, 0.5) is 5.69 Å². The van der Waals surface area contributed by atoms with Crippen LogP contribution < -0.4 is 14.4 Å². The van der Waals surface area contributed by atoms with E-state index in [0.717, 1.165) is 5.56 Å². The van der Waals surface area contributed by atoms with Gasteiger partial charge in [-0.2, -0.15) is 0 Å². The molecule has 0 radical (unpaired) electrons. The van der Waals surface area contributed by atoms with Crippen molar-refractivity contribution >= 4 is 69.5 Å². The number of aryl methyl sites for hydroxylation is 1. The minimum atomic E-state index is -0.993. The summed E-state index contributed by atoms with van der Waals surface area (Å²) in [7, 11) is 2.73. The largest absolute Gasteiger partial charge is 0.507 e. The second kappa shape index (κ2) is 10.2. The number of halogens is 4. The molecule has 1 heterocycles. The summed E-state index contributed by atoms with van der Waals surface area (Å²) in [6, 6.07) is 12.2. The fourth-order valence-corrected chi connectivity index (χ4v) is 5.19. The summed E-state index contributed by atoms with van der Waals surface area (Å²) in [6.07, 6.45) is 0. The van der Waals surface area contributed by atoms with Crippen molar-refractivity contribution in [3.05, 3.63) is 90.9 Å². The normalized spacial score (nSPS) is 17.0. The minimum absolute atomic E-state index is 0.000188. The SMILES string of the molecule is COc1c(Cl)cc(/C(O)=C2\C(=O)C(=O)N(c3ccc(Cl)c(Cl)c3)C2c2ccccc2C)c(OC)c1Cl. The smallest absolute Gasteiger partial charge is 0.300 e. The van der Waals surface area contributed by atoms with E-state index < -0.39 is 23.5 Å². The Labute approximate surface area is 227 Å². The number of hydrogen-bond donors (Lipinski definition) is 1. The molecule has 3 aromatic rings. The summed E-state index contributed by atoms with van der Waals surface area (Å²) in [6.45, 7) is 1.84. The molecule has 1 N–H and O–H groups in total. The first-order valence-electron chi connectivity index (χ1n) is 10.5. The van der Waals surface area contributed by atoms with E-state index in [1.165, 1.54) is 37.3 Å². The fourth-order valence-electron chi connectivity index (χ4n) is 4.21. The lowest BCUT2D eigenvalue weighted by atomic mass is 9.92. The third kappa shape index (κ3) is 4.28. The predicted octanol–water partition coefficient (Wildman–Crippen LogP) is 7.25. The van der Waals surface area contributed by atoms with Crippen molar-refractivity contribution in [2.24, 2.45) is 0 Å². The molecule has 1 fully saturated rings. The average molecular weight is 567 g/mol. The van der Waals surface area contributed by atoms with Crippen LogP contribution in [0.1, 0.15) is 22.7 Å². The highest BCUT2D eigenvalue weighted by Crippen LogP contribution is 2.48. The lowest BCUT2D eigenvalue weighted by Crippen LogP contribution is -2.29. The van der Waals surface area contributed by atoms with Crippen molar-refractivity contribution in [3.8, 4) is 11.5 Å². The molecule has 3 aromatic carbocycles. The lowest BCUT2D eigenvalue weighted by Gasteiger charge is -2.27. The Morgan fingerprint density at radius 2 is 1.56 bits per heavy atom. The maximum Gasteiger partial charge on any atom is 0.300 e. The first kappa shape index (κ1) is 26.2. The maximum absolute atomic E-state index is 13.4. The molecule has 0 aromatic heterocycles. The highest BCUT2D eigenvalue weighted by molar-refractivity contribution is 6.52. The summed E-state index contributed by atoms with van der Waals surface area (Å²) < 4.78 is 10.6. The first-order valence-corrected chi connectivity index (χ1v) is 12.0. The molecule has 1 saturated heterocycles. The van der Waals surface area contributed by atoms with Crippen LogP contribution in [-0.4, -0.2) is 31.0 Å². The molecule has 1 unspecified atom stereocenters. The molecule has 1 atom stereocenters. The number of nitrogens with zero attached hydrogens (tertiary/aromatic N) is 1. The predicted molar refractivity (Wildman–Crippen MR) is 142 cm³/mol. The zero-order valence-corrected chi connectivity index (χ0v) is 22.3. The summed E-state index contributed by atoms with van der Waals surface area (Å²) in [5.74, 6) is -2.10.